The molecule has 3 heteroatoms. The molecule has 1 saturated carbocycles. The van der Waals surface area contributed by atoms with E-state index in [0.717, 1.165) is 19.4 Å². The van der Waals surface area contributed by atoms with Crippen LogP contribution in [-0.4, -0.2) is 32.8 Å². The molecule has 0 radical (unpaired) electrons. The van der Waals surface area contributed by atoms with Gasteiger partial charge in [0.15, 0.2) is 0 Å². The maximum atomic E-state index is 5.89. The van der Waals surface area contributed by atoms with Crippen LogP contribution in [0.15, 0.2) is 18.2 Å². The number of hydrogen-bond acceptors (Lipinski definition) is 3. The number of nitrogens with zero attached hydrogens (tertiary/aromatic N) is 1. The lowest BCUT2D eigenvalue weighted by Gasteiger charge is -2.54. The molecule has 1 aliphatic rings. The molecule has 1 aromatic carbocycles. The lowest BCUT2D eigenvalue weighted by atomic mass is 9.61. The van der Waals surface area contributed by atoms with E-state index in [1.54, 1.807) is 0 Å². The summed E-state index contributed by atoms with van der Waals surface area (Å²) < 4.78 is 5.89. The second-order valence-electron chi connectivity index (χ2n) is 6.63. The van der Waals surface area contributed by atoms with Gasteiger partial charge in [0.2, 0.25) is 0 Å². The first-order valence-corrected chi connectivity index (χ1v) is 8.08. The molecule has 0 spiro atoms. The molecule has 2 rings (SSSR count). The van der Waals surface area contributed by atoms with Crippen molar-refractivity contribution in [1.82, 2.24) is 0 Å². The van der Waals surface area contributed by atoms with Gasteiger partial charge in [-0.2, -0.15) is 0 Å². The quantitative estimate of drug-likeness (QED) is 0.855. The Morgan fingerprint density at radius 1 is 1.33 bits per heavy atom. The Labute approximate surface area is 129 Å². The van der Waals surface area contributed by atoms with Crippen molar-refractivity contribution in [2.75, 3.05) is 30.9 Å². The summed E-state index contributed by atoms with van der Waals surface area (Å²) >= 11 is 0. The smallest absolute Gasteiger partial charge is 0.0667 e. The van der Waals surface area contributed by atoms with Crippen LogP contribution in [0.25, 0.3) is 0 Å². The second-order valence-corrected chi connectivity index (χ2v) is 6.63. The lowest BCUT2D eigenvalue weighted by Crippen LogP contribution is -2.59. The first kappa shape index (κ1) is 16.2. The minimum absolute atomic E-state index is 0.239. The summed E-state index contributed by atoms with van der Waals surface area (Å²) in [7, 11) is 4.16. The van der Waals surface area contributed by atoms with E-state index in [1.165, 1.54) is 16.9 Å². The Hall–Kier alpha value is -1.22. The summed E-state index contributed by atoms with van der Waals surface area (Å²) in [4.78, 5) is 2.14. The third-order valence-corrected chi connectivity index (χ3v) is 5.17. The van der Waals surface area contributed by atoms with Crippen LogP contribution in [0.5, 0.6) is 0 Å². The van der Waals surface area contributed by atoms with Crippen LogP contribution >= 0.6 is 0 Å². The molecule has 0 bridgehead atoms. The molecular weight excluding hydrogens is 260 g/mol. The first-order chi connectivity index (χ1) is 9.92. The van der Waals surface area contributed by atoms with Crippen molar-refractivity contribution in [1.29, 1.82) is 0 Å². The molecular formula is C18H30N2O. The zero-order valence-electron chi connectivity index (χ0n) is 14.4. The van der Waals surface area contributed by atoms with Gasteiger partial charge in [-0.05, 0) is 50.5 Å². The van der Waals surface area contributed by atoms with E-state index in [1.807, 2.05) is 0 Å². The molecule has 3 nitrogen and oxygen atoms in total. The fourth-order valence-electron chi connectivity index (χ4n) is 3.25. The van der Waals surface area contributed by atoms with Crippen molar-refractivity contribution >= 4 is 11.4 Å². The van der Waals surface area contributed by atoms with Crippen molar-refractivity contribution in [3.05, 3.63) is 23.8 Å². The van der Waals surface area contributed by atoms with Crippen molar-refractivity contribution in [2.45, 2.75) is 52.7 Å². The van der Waals surface area contributed by atoms with Crippen LogP contribution < -0.4 is 10.2 Å². The summed E-state index contributed by atoms with van der Waals surface area (Å²) in [6.07, 6.45) is 2.64. The Balaban J connectivity index is 2.09. The Morgan fingerprint density at radius 3 is 2.57 bits per heavy atom. The fourth-order valence-corrected chi connectivity index (χ4v) is 3.25. The predicted octanol–water partition coefficient (Wildman–Crippen LogP) is 4.07. The monoisotopic (exact) mass is 290 g/mol. The minimum atomic E-state index is 0.239. The van der Waals surface area contributed by atoms with Gasteiger partial charge >= 0.3 is 0 Å². The molecule has 0 amide bonds. The summed E-state index contributed by atoms with van der Waals surface area (Å²) in [5.41, 5.74) is 4.04. The predicted molar refractivity (Wildman–Crippen MR) is 91.3 cm³/mol. The van der Waals surface area contributed by atoms with Gasteiger partial charge in [-0.25, -0.2) is 0 Å². The van der Waals surface area contributed by atoms with Gasteiger partial charge in [0.25, 0.3) is 0 Å². The van der Waals surface area contributed by atoms with E-state index in [9.17, 15) is 0 Å². The third kappa shape index (κ3) is 3.03. The zero-order chi connectivity index (χ0) is 15.6. The summed E-state index contributed by atoms with van der Waals surface area (Å²) in [5.74, 6) is 0. The van der Waals surface area contributed by atoms with E-state index in [2.05, 4.69) is 70.2 Å². The molecule has 3 atom stereocenters. The summed E-state index contributed by atoms with van der Waals surface area (Å²) in [5, 5.41) is 3.74. The maximum Gasteiger partial charge on any atom is 0.0667 e. The maximum absolute atomic E-state index is 5.89. The van der Waals surface area contributed by atoms with Crippen LogP contribution in [0.3, 0.4) is 0 Å². The van der Waals surface area contributed by atoms with Gasteiger partial charge in [-0.15, -0.1) is 0 Å². The summed E-state index contributed by atoms with van der Waals surface area (Å²) in [6.45, 7) is 9.68. The van der Waals surface area contributed by atoms with E-state index in [4.69, 9.17) is 4.74 Å². The number of rotatable bonds is 6. The molecule has 1 aliphatic carbocycles. The van der Waals surface area contributed by atoms with Gasteiger partial charge in [-0.1, -0.05) is 13.8 Å². The van der Waals surface area contributed by atoms with Crippen molar-refractivity contribution in [3.8, 4) is 0 Å². The highest BCUT2D eigenvalue weighted by Crippen LogP contribution is 2.47. The number of benzene rings is 1. The fraction of sp³-hybridized carbons (Fsp3) is 0.667. The number of aryl methyl sites for hydroxylation is 1. The number of ether oxygens (including phenoxy) is 1. The van der Waals surface area contributed by atoms with Gasteiger partial charge < -0.3 is 15.0 Å². The zero-order valence-corrected chi connectivity index (χ0v) is 14.4. The van der Waals surface area contributed by atoms with E-state index in [0.29, 0.717) is 12.1 Å². The summed E-state index contributed by atoms with van der Waals surface area (Å²) in [6, 6.07) is 7.12. The highest BCUT2D eigenvalue weighted by Gasteiger charge is 2.51. The molecule has 1 fully saturated rings. The topological polar surface area (TPSA) is 24.5 Å². The standard InChI is InChI=1S/C18H30N2O/c1-7-18(4)16(12-17(18)21-8-2)19-15-10-9-14(20(5)6)11-13(15)3/h9-11,16-17,19H,7-8,12H2,1-6H3. The van der Waals surface area contributed by atoms with Gasteiger partial charge in [-0.3, -0.25) is 0 Å². The number of nitrogens with one attached hydrogen (secondary N) is 1. The Kier molecular flexibility index (Phi) is 4.82. The van der Waals surface area contributed by atoms with Gasteiger partial charge in [0.05, 0.1) is 6.10 Å². The van der Waals surface area contributed by atoms with Crippen LogP contribution in [0, 0.1) is 12.3 Å². The highest BCUT2D eigenvalue weighted by atomic mass is 16.5. The molecule has 0 aliphatic heterocycles. The highest BCUT2D eigenvalue weighted by molar-refractivity contribution is 5.60. The average molecular weight is 290 g/mol. The first-order valence-electron chi connectivity index (χ1n) is 8.08. The molecule has 0 saturated heterocycles. The van der Waals surface area contributed by atoms with Crippen molar-refractivity contribution in [3.63, 3.8) is 0 Å². The van der Waals surface area contributed by atoms with Crippen LogP contribution in [-0.2, 0) is 4.74 Å². The van der Waals surface area contributed by atoms with Crippen molar-refractivity contribution < 1.29 is 4.74 Å². The molecule has 0 heterocycles. The minimum Gasteiger partial charge on any atom is -0.381 e. The Bertz CT molecular complexity index is 486. The van der Waals surface area contributed by atoms with Gasteiger partial charge in [0.1, 0.15) is 0 Å². The van der Waals surface area contributed by atoms with Gasteiger partial charge in [0, 0.05) is 43.5 Å². The molecule has 118 valence electrons. The van der Waals surface area contributed by atoms with Crippen LogP contribution in [0.4, 0.5) is 11.4 Å². The molecule has 0 aromatic heterocycles. The van der Waals surface area contributed by atoms with E-state index < -0.39 is 0 Å². The van der Waals surface area contributed by atoms with Crippen molar-refractivity contribution in [2.24, 2.45) is 5.41 Å². The molecule has 21 heavy (non-hydrogen) atoms. The molecule has 1 N–H and O–H groups in total. The number of anilines is 2. The van der Waals surface area contributed by atoms with E-state index in [-0.39, 0.29) is 5.41 Å². The number of hydrogen-bond donors (Lipinski definition) is 1. The normalized spacial score (nSPS) is 28.1. The second kappa shape index (κ2) is 6.27. The SMILES string of the molecule is CCOC1CC(Nc2ccc(N(C)C)cc2C)C1(C)CC. The lowest BCUT2D eigenvalue weighted by molar-refractivity contribution is -0.109. The molecule has 3 unspecified atom stereocenters. The third-order valence-electron chi connectivity index (χ3n) is 5.17. The van der Waals surface area contributed by atoms with Crippen LogP contribution in [0.1, 0.15) is 39.2 Å². The van der Waals surface area contributed by atoms with E-state index >= 15 is 0 Å². The Morgan fingerprint density at radius 2 is 2.05 bits per heavy atom. The molecule has 1 aromatic rings. The van der Waals surface area contributed by atoms with Crippen LogP contribution in [0.2, 0.25) is 0 Å². The largest absolute Gasteiger partial charge is 0.381 e. The average Bonchev–Trinajstić information content (AvgIpc) is 2.46.